The molecule has 0 aliphatic carbocycles. The van der Waals surface area contributed by atoms with E-state index in [4.69, 9.17) is 4.84 Å². The molecule has 0 spiro atoms. The molecule has 1 aromatic carbocycles. The topological polar surface area (TPSA) is 48.3 Å². The van der Waals surface area contributed by atoms with Crippen LogP contribution in [-0.4, -0.2) is 10.7 Å². The average Bonchev–Trinajstić information content (AvgIpc) is 2.40. The highest BCUT2D eigenvalue weighted by Gasteiger charge is 2.15. The minimum Gasteiger partial charge on any atom is -0.328 e. The van der Waals surface area contributed by atoms with E-state index >= 15 is 0 Å². The molecule has 0 radical (unpaired) electrons. The lowest BCUT2D eigenvalue weighted by Crippen LogP contribution is -2.29. The van der Waals surface area contributed by atoms with Gasteiger partial charge < -0.3 is 4.84 Å². The molecular weight excluding hydrogens is 254 g/mol. The minimum absolute atomic E-state index is 0.0266. The molecule has 0 unspecified atom stereocenters. The molecule has 0 saturated carbocycles. The van der Waals surface area contributed by atoms with E-state index in [1.165, 1.54) is 12.3 Å². The van der Waals surface area contributed by atoms with Crippen LogP contribution in [0, 0.1) is 0 Å². The third kappa shape index (κ3) is 3.15. The molecule has 2 rings (SSSR count). The molecule has 0 aliphatic heterocycles. The van der Waals surface area contributed by atoms with Crippen molar-refractivity contribution in [3.8, 4) is 0 Å². The molecule has 0 saturated heterocycles. The second-order valence-corrected chi connectivity index (χ2v) is 5.57. The van der Waals surface area contributed by atoms with Crippen molar-refractivity contribution in [3.05, 3.63) is 70.1 Å². The smallest absolute Gasteiger partial charge is 0.328 e. The van der Waals surface area contributed by atoms with E-state index in [-0.39, 0.29) is 11.0 Å². The molecule has 0 fully saturated rings. The third-order valence-corrected chi connectivity index (χ3v) is 2.96. The monoisotopic (exact) mass is 271 g/mol. The molecule has 1 aromatic heterocycles. The van der Waals surface area contributed by atoms with Gasteiger partial charge >= 0.3 is 5.97 Å². The van der Waals surface area contributed by atoms with Gasteiger partial charge in [-0.05, 0) is 29.2 Å². The first-order valence-corrected chi connectivity index (χ1v) is 6.39. The standard InChI is InChI=1S/C16H17NO3/c1-16(2,3)13-9-7-12(8-10-13)15(19)20-17-11-5-4-6-14(17)18/h4-11H,1-3H3. The maximum Gasteiger partial charge on any atom is 0.363 e. The number of hydrogen-bond donors (Lipinski definition) is 0. The quantitative estimate of drug-likeness (QED) is 0.842. The molecule has 1 heterocycles. The molecular formula is C16H17NO3. The Balaban J connectivity index is 2.18. The maximum atomic E-state index is 11.9. The fourth-order valence-electron chi connectivity index (χ4n) is 1.74. The largest absolute Gasteiger partial charge is 0.363 e. The molecule has 2 aromatic rings. The predicted molar refractivity (Wildman–Crippen MR) is 76.8 cm³/mol. The second kappa shape index (κ2) is 5.33. The zero-order chi connectivity index (χ0) is 14.8. The first-order chi connectivity index (χ1) is 9.38. The fraction of sp³-hybridized carbons (Fsp3) is 0.250. The zero-order valence-electron chi connectivity index (χ0n) is 11.8. The SMILES string of the molecule is CC(C)(C)c1ccc(C(=O)On2ccccc2=O)cc1. The summed E-state index contributed by atoms with van der Waals surface area (Å²) in [6.07, 6.45) is 1.41. The Hall–Kier alpha value is -2.36. The van der Waals surface area contributed by atoms with Crippen LogP contribution in [0.2, 0.25) is 0 Å². The molecule has 4 nitrogen and oxygen atoms in total. The summed E-state index contributed by atoms with van der Waals surface area (Å²) in [6.45, 7) is 6.30. The van der Waals surface area contributed by atoms with Crippen LogP contribution >= 0.6 is 0 Å². The van der Waals surface area contributed by atoms with Gasteiger partial charge in [-0.2, -0.15) is 0 Å². The maximum absolute atomic E-state index is 11.9. The second-order valence-electron chi connectivity index (χ2n) is 5.57. The van der Waals surface area contributed by atoms with E-state index in [2.05, 4.69) is 20.8 Å². The van der Waals surface area contributed by atoms with Crippen molar-refractivity contribution in [2.75, 3.05) is 0 Å². The van der Waals surface area contributed by atoms with Crippen molar-refractivity contribution in [2.45, 2.75) is 26.2 Å². The van der Waals surface area contributed by atoms with Gasteiger partial charge in [0.15, 0.2) is 0 Å². The summed E-state index contributed by atoms with van der Waals surface area (Å²) in [4.78, 5) is 28.4. The predicted octanol–water partition coefficient (Wildman–Crippen LogP) is 2.41. The van der Waals surface area contributed by atoms with Gasteiger partial charge in [-0.3, -0.25) is 4.79 Å². The van der Waals surface area contributed by atoms with Crippen molar-refractivity contribution in [1.29, 1.82) is 0 Å². The van der Waals surface area contributed by atoms with E-state index in [1.807, 2.05) is 12.1 Å². The number of hydrogen-bond acceptors (Lipinski definition) is 3. The van der Waals surface area contributed by atoms with Gasteiger partial charge in [-0.25, -0.2) is 4.79 Å². The molecule has 4 heteroatoms. The number of benzene rings is 1. The lowest BCUT2D eigenvalue weighted by atomic mass is 9.87. The van der Waals surface area contributed by atoms with Gasteiger partial charge in [0.25, 0.3) is 5.56 Å². The summed E-state index contributed by atoms with van der Waals surface area (Å²) < 4.78 is 0.917. The van der Waals surface area contributed by atoms with Crippen molar-refractivity contribution in [1.82, 2.24) is 4.73 Å². The average molecular weight is 271 g/mol. The number of carbonyl (C=O) groups is 1. The van der Waals surface area contributed by atoms with Crippen LogP contribution in [0.3, 0.4) is 0 Å². The van der Waals surface area contributed by atoms with Crippen LogP contribution in [-0.2, 0) is 5.41 Å². The number of aromatic nitrogens is 1. The molecule has 0 bridgehead atoms. The summed E-state index contributed by atoms with van der Waals surface area (Å²) in [6, 6.07) is 11.7. The lowest BCUT2D eigenvalue weighted by molar-refractivity contribution is 0.0442. The van der Waals surface area contributed by atoms with E-state index in [0.717, 1.165) is 10.3 Å². The normalized spacial score (nSPS) is 11.2. The van der Waals surface area contributed by atoms with Gasteiger partial charge in [0.2, 0.25) is 0 Å². The van der Waals surface area contributed by atoms with Crippen LogP contribution < -0.4 is 10.4 Å². The summed E-state index contributed by atoms with van der Waals surface area (Å²) >= 11 is 0. The van der Waals surface area contributed by atoms with Crippen molar-refractivity contribution in [2.24, 2.45) is 0 Å². The minimum atomic E-state index is -0.557. The molecule has 104 valence electrons. The lowest BCUT2D eigenvalue weighted by Gasteiger charge is -2.18. The van der Waals surface area contributed by atoms with Crippen molar-refractivity contribution in [3.63, 3.8) is 0 Å². The Kier molecular flexibility index (Phi) is 3.74. The fourth-order valence-corrected chi connectivity index (χ4v) is 1.74. The van der Waals surface area contributed by atoms with Crippen LogP contribution in [0.4, 0.5) is 0 Å². The highest BCUT2D eigenvalue weighted by atomic mass is 16.7. The van der Waals surface area contributed by atoms with E-state index in [9.17, 15) is 9.59 Å². The van der Waals surface area contributed by atoms with Gasteiger partial charge in [0.1, 0.15) is 0 Å². The van der Waals surface area contributed by atoms with Crippen molar-refractivity contribution >= 4 is 5.97 Å². The first kappa shape index (κ1) is 14.1. The summed E-state index contributed by atoms with van der Waals surface area (Å²) in [5.41, 5.74) is 1.19. The Morgan fingerprint density at radius 2 is 1.70 bits per heavy atom. The number of nitrogens with zero attached hydrogens (tertiary/aromatic N) is 1. The Morgan fingerprint density at radius 3 is 2.25 bits per heavy atom. The summed E-state index contributed by atoms with van der Waals surface area (Å²) in [7, 11) is 0. The van der Waals surface area contributed by atoms with Gasteiger partial charge in [-0.15, -0.1) is 4.73 Å². The van der Waals surface area contributed by atoms with Gasteiger partial charge in [0, 0.05) is 12.3 Å². The van der Waals surface area contributed by atoms with Crippen LogP contribution in [0.1, 0.15) is 36.7 Å². The van der Waals surface area contributed by atoms with Crippen molar-refractivity contribution < 1.29 is 9.63 Å². The first-order valence-electron chi connectivity index (χ1n) is 6.39. The number of pyridine rings is 1. The molecule has 0 N–H and O–H groups in total. The third-order valence-electron chi connectivity index (χ3n) is 2.96. The molecule has 20 heavy (non-hydrogen) atoms. The van der Waals surface area contributed by atoms with Gasteiger partial charge in [-0.1, -0.05) is 39.0 Å². The van der Waals surface area contributed by atoms with Gasteiger partial charge in [0.05, 0.1) is 5.56 Å². The highest BCUT2D eigenvalue weighted by molar-refractivity contribution is 5.89. The molecule has 0 amide bonds. The summed E-state index contributed by atoms with van der Waals surface area (Å²) in [5, 5.41) is 0. The van der Waals surface area contributed by atoms with Crippen LogP contribution in [0.5, 0.6) is 0 Å². The van der Waals surface area contributed by atoms with E-state index in [1.54, 1.807) is 24.3 Å². The Labute approximate surface area is 117 Å². The Bertz CT molecular complexity index is 663. The van der Waals surface area contributed by atoms with E-state index in [0.29, 0.717) is 5.56 Å². The molecule has 0 aliphatic rings. The number of carbonyl (C=O) groups excluding carboxylic acids is 1. The van der Waals surface area contributed by atoms with E-state index < -0.39 is 5.97 Å². The molecule has 0 atom stereocenters. The van der Waals surface area contributed by atoms with Crippen LogP contribution in [0.25, 0.3) is 0 Å². The summed E-state index contributed by atoms with van der Waals surface area (Å²) in [5.74, 6) is -0.557. The highest BCUT2D eigenvalue weighted by Crippen LogP contribution is 2.22. The Morgan fingerprint density at radius 1 is 1.05 bits per heavy atom. The number of rotatable bonds is 2. The zero-order valence-corrected chi connectivity index (χ0v) is 11.8. The van der Waals surface area contributed by atoms with Crippen LogP contribution in [0.15, 0.2) is 53.5 Å².